The number of nitrogens with one attached hydrogen (secondary N) is 1. The predicted molar refractivity (Wildman–Crippen MR) is 172 cm³/mol. The average Bonchev–Trinajstić information content (AvgIpc) is 3.62. The molecule has 3 saturated heterocycles. The van der Waals surface area contributed by atoms with Crippen LogP contribution in [0.15, 0.2) is 35.8 Å². The summed E-state index contributed by atoms with van der Waals surface area (Å²) in [4.78, 5) is 44.0. The van der Waals surface area contributed by atoms with E-state index in [1.807, 2.05) is 29.3 Å². The standard InChI is InChI=1S/C32H43N7O4S/c1-43-27-8-7-23-5-2-11-34-30(23)31(27)38-15-4-14-36(19-20-38)26(21-28(41)33-12-18-37-13-3-6-29(37)42)25-22-44-32(35-25)39-16-9-24(40)10-17-39/h2,5,7-8,11,22,24,26,40H,3-4,6,9-10,12-21H2,1H3,(H,33,41). The van der Waals surface area contributed by atoms with E-state index >= 15 is 0 Å². The third kappa shape index (κ3) is 6.92. The molecular weight excluding hydrogens is 578 g/mol. The van der Waals surface area contributed by atoms with E-state index in [4.69, 9.17) is 14.7 Å². The van der Waals surface area contributed by atoms with E-state index in [9.17, 15) is 14.7 Å². The van der Waals surface area contributed by atoms with Crippen LogP contribution in [-0.4, -0.2) is 109 Å². The zero-order valence-corrected chi connectivity index (χ0v) is 26.3. The molecule has 0 spiro atoms. The Morgan fingerprint density at radius 3 is 2.75 bits per heavy atom. The van der Waals surface area contributed by atoms with Crippen LogP contribution in [0.25, 0.3) is 10.9 Å². The minimum absolute atomic E-state index is 0.0293. The zero-order chi connectivity index (χ0) is 30.5. The number of nitrogens with zero attached hydrogens (tertiary/aromatic N) is 6. The molecule has 1 unspecified atom stereocenters. The number of aromatic nitrogens is 2. The van der Waals surface area contributed by atoms with Crippen LogP contribution in [0.5, 0.6) is 5.75 Å². The smallest absolute Gasteiger partial charge is 0.222 e. The number of amides is 2. The Hall–Kier alpha value is -3.48. The molecule has 11 nitrogen and oxygen atoms in total. The van der Waals surface area contributed by atoms with Gasteiger partial charge < -0.3 is 29.9 Å². The largest absolute Gasteiger partial charge is 0.494 e. The van der Waals surface area contributed by atoms with Crippen LogP contribution >= 0.6 is 11.3 Å². The van der Waals surface area contributed by atoms with Crippen molar-refractivity contribution in [2.24, 2.45) is 0 Å². The lowest BCUT2D eigenvalue weighted by atomic mass is 10.1. The average molecular weight is 622 g/mol. The minimum atomic E-state index is -0.242. The topological polar surface area (TPSA) is 114 Å². The van der Waals surface area contributed by atoms with Gasteiger partial charge in [-0.1, -0.05) is 6.07 Å². The second kappa shape index (κ2) is 14.1. The predicted octanol–water partition coefficient (Wildman–Crippen LogP) is 3.04. The number of methoxy groups -OCH3 is 1. The molecule has 3 aliphatic rings. The maximum atomic E-state index is 13.3. The molecule has 44 heavy (non-hydrogen) atoms. The molecule has 2 aromatic heterocycles. The van der Waals surface area contributed by atoms with Gasteiger partial charge in [-0.25, -0.2) is 4.98 Å². The minimum Gasteiger partial charge on any atom is -0.494 e. The number of thiazole rings is 1. The number of pyridine rings is 1. The highest BCUT2D eigenvalue weighted by atomic mass is 32.1. The summed E-state index contributed by atoms with van der Waals surface area (Å²) in [7, 11) is 1.70. The van der Waals surface area contributed by atoms with Crippen molar-refractivity contribution in [2.75, 3.05) is 75.8 Å². The lowest BCUT2D eigenvalue weighted by molar-refractivity contribution is -0.128. The molecule has 3 aliphatic heterocycles. The van der Waals surface area contributed by atoms with Crippen molar-refractivity contribution < 1.29 is 19.4 Å². The number of hydrogen-bond donors (Lipinski definition) is 2. The second-order valence-electron chi connectivity index (χ2n) is 11.9. The number of aliphatic hydroxyl groups is 1. The van der Waals surface area contributed by atoms with Crippen molar-refractivity contribution in [1.29, 1.82) is 0 Å². The van der Waals surface area contributed by atoms with Crippen molar-refractivity contribution in [3.8, 4) is 5.75 Å². The molecule has 0 aliphatic carbocycles. The van der Waals surface area contributed by atoms with Gasteiger partial charge in [0, 0.05) is 88.7 Å². The molecule has 2 N–H and O–H groups in total. The van der Waals surface area contributed by atoms with Gasteiger partial charge in [0.25, 0.3) is 0 Å². The maximum Gasteiger partial charge on any atom is 0.222 e. The second-order valence-corrected chi connectivity index (χ2v) is 12.7. The number of ether oxygens (including phenoxy) is 1. The van der Waals surface area contributed by atoms with E-state index in [1.54, 1.807) is 18.4 Å². The van der Waals surface area contributed by atoms with Crippen LogP contribution in [0.3, 0.4) is 0 Å². The number of anilines is 2. The number of likely N-dealkylation sites (tertiary alicyclic amines) is 1. The van der Waals surface area contributed by atoms with Gasteiger partial charge in [0.2, 0.25) is 11.8 Å². The first kappa shape index (κ1) is 30.5. The highest BCUT2D eigenvalue weighted by molar-refractivity contribution is 7.13. The van der Waals surface area contributed by atoms with Crippen LogP contribution in [0.1, 0.15) is 50.3 Å². The van der Waals surface area contributed by atoms with E-state index in [1.165, 1.54) is 0 Å². The summed E-state index contributed by atoms with van der Waals surface area (Å²) < 4.78 is 5.79. The fraction of sp³-hybridized carbons (Fsp3) is 0.562. The zero-order valence-electron chi connectivity index (χ0n) is 25.5. The molecular formula is C32H43N7O4S. The number of piperidine rings is 1. The van der Waals surface area contributed by atoms with Crippen molar-refractivity contribution in [1.82, 2.24) is 25.1 Å². The van der Waals surface area contributed by atoms with E-state index in [-0.39, 0.29) is 24.0 Å². The number of fused-ring (bicyclic) bond motifs is 1. The molecule has 1 atom stereocenters. The lowest BCUT2D eigenvalue weighted by Crippen LogP contribution is -2.39. The SMILES string of the molecule is COc1ccc2cccnc2c1N1CCCN(C(CC(=O)NCCN2CCCC2=O)c2csc(N3CCC(O)CC3)n2)CC1. The first-order chi connectivity index (χ1) is 21.5. The quantitative estimate of drug-likeness (QED) is 0.353. The summed E-state index contributed by atoms with van der Waals surface area (Å²) in [6.07, 6.45) is 5.79. The fourth-order valence-corrected chi connectivity index (χ4v) is 7.55. The number of carbonyl (C=O) groups is 2. The highest BCUT2D eigenvalue weighted by Crippen LogP contribution is 2.37. The third-order valence-corrected chi connectivity index (χ3v) is 9.98. The fourth-order valence-electron chi connectivity index (χ4n) is 6.63. The van der Waals surface area contributed by atoms with E-state index in [2.05, 4.69) is 31.5 Å². The van der Waals surface area contributed by atoms with Gasteiger partial charge in [-0.05, 0) is 43.9 Å². The summed E-state index contributed by atoms with van der Waals surface area (Å²) >= 11 is 1.62. The molecule has 3 fully saturated rings. The highest BCUT2D eigenvalue weighted by Gasteiger charge is 2.30. The molecule has 12 heteroatoms. The molecule has 3 aromatic rings. The van der Waals surface area contributed by atoms with Gasteiger partial charge in [-0.3, -0.25) is 19.5 Å². The molecule has 6 rings (SSSR count). The van der Waals surface area contributed by atoms with Crippen LogP contribution in [0.4, 0.5) is 10.8 Å². The van der Waals surface area contributed by atoms with Crippen molar-refractivity contribution in [2.45, 2.75) is 50.7 Å². The van der Waals surface area contributed by atoms with E-state index in [0.29, 0.717) is 25.9 Å². The summed E-state index contributed by atoms with van der Waals surface area (Å²) in [6, 6.07) is 7.92. The van der Waals surface area contributed by atoms with Gasteiger partial charge in [-0.2, -0.15) is 0 Å². The lowest BCUT2D eigenvalue weighted by Gasteiger charge is -2.31. The van der Waals surface area contributed by atoms with Gasteiger partial charge in [-0.15, -0.1) is 11.3 Å². The molecule has 2 amide bonds. The van der Waals surface area contributed by atoms with E-state index in [0.717, 1.165) is 105 Å². The Morgan fingerprint density at radius 1 is 1.09 bits per heavy atom. The van der Waals surface area contributed by atoms with Crippen LogP contribution < -0.4 is 19.9 Å². The third-order valence-electron chi connectivity index (χ3n) is 9.06. The Balaban J connectivity index is 1.19. The van der Waals surface area contributed by atoms with Crippen molar-refractivity contribution in [3.05, 3.63) is 41.5 Å². The van der Waals surface area contributed by atoms with Gasteiger partial charge in [0.05, 0.1) is 30.5 Å². The normalized spacial score (nSPS) is 19.4. The monoisotopic (exact) mass is 621 g/mol. The summed E-state index contributed by atoms with van der Waals surface area (Å²) in [5.74, 6) is 0.954. The first-order valence-corrected chi connectivity index (χ1v) is 16.7. The first-order valence-electron chi connectivity index (χ1n) is 15.8. The Bertz CT molecular complexity index is 1440. The number of carbonyl (C=O) groups excluding carboxylic acids is 2. The molecule has 0 saturated carbocycles. The van der Waals surface area contributed by atoms with E-state index < -0.39 is 0 Å². The van der Waals surface area contributed by atoms with Crippen LogP contribution in [0, 0.1) is 0 Å². The number of rotatable bonds is 10. The molecule has 236 valence electrons. The van der Waals surface area contributed by atoms with Crippen LogP contribution in [-0.2, 0) is 9.59 Å². The summed E-state index contributed by atoms with van der Waals surface area (Å²) in [5.41, 5.74) is 2.86. The van der Waals surface area contributed by atoms with Crippen molar-refractivity contribution >= 4 is 44.9 Å². The molecule has 1 aromatic carbocycles. The molecule has 0 bridgehead atoms. The Kier molecular flexibility index (Phi) is 9.78. The number of hydrogen-bond acceptors (Lipinski definition) is 10. The van der Waals surface area contributed by atoms with Gasteiger partial charge in [0.15, 0.2) is 5.13 Å². The number of benzene rings is 1. The Morgan fingerprint density at radius 2 is 1.95 bits per heavy atom. The van der Waals surface area contributed by atoms with Gasteiger partial charge >= 0.3 is 0 Å². The molecule has 5 heterocycles. The summed E-state index contributed by atoms with van der Waals surface area (Å²) in [5, 5.41) is 17.2. The molecule has 0 radical (unpaired) electrons. The number of aliphatic hydroxyl groups excluding tert-OH is 1. The van der Waals surface area contributed by atoms with Crippen LogP contribution in [0.2, 0.25) is 0 Å². The summed E-state index contributed by atoms with van der Waals surface area (Å²) in [6.45, 7) is 6.56. The van der Waals surface area contributed by atoms with Gasteiger partial charge in [0.1, 0.15) is 11.4 Å². The maximum absolute atomic E-state index is 13.3. The van der Waals surface area contributed by atoms with Crippen molar-refractivity contribution in [3.63, 3.8) is 0 Å². The Labute approximate surface area is 262 Å².